The van der Waals surface area contributed by atoms with E-state index in [-0.39, 0.29) is 18.1 Å². The molecule has 116 valence electrons. The summed E-state index contributed by atoms with van der Waals surface area (Å²) in [5.41, 5.74) is 1.18. The number of hydrogen-bond acceptors (Lipinski definition) is 3. The molecule has 1 aliphatic rings. The van der Waals surface area contributed by atoms with Gasteiger partial charge in [0.2, 0.25) is 0 Å². The van der Waals surface area contributed by atoms with E-state index in [1.807, 2.05) is 56.9 Å². The molecule has 3 atom stereocenters. The van der Waals surface area contributed by atoms with E-state index < -0.39 is 6.10 Å². The van der Waals surface area contributed by atoms with Gasteiger partial charge in [-0.15, -0.1) is 0 Å². The molecule has 1 amide bonds. The third-order valence-corrected chi connectivity index (χ3v) is 3.68. The molecule has 1 aliphatic heterocycles. The Morgan fingerprint density at radius 2 is 1.86 bits per heavy atom. The molecule has 1 saturated heterocycles. The Balaban J connectivity index is 2.02. The standard InChI is InChI=1S/C17H25NO3/c1-5-16(21-15-8-6-12(2)7-9-15)17(19)18-10-13(3)20-14(4)11-18/h6-9,13-14,16H,5,10-11H2,1-4H3. The van der Waals surface area contributed by atoms with Gasteiger partial charge in [0.1, 0.15) is 5.75 Å². The van der Waals surface area contributed by atoms with Gasteiger partial charge in [0, 0.05) is 13.1 Å². The normalized spacial score (nSPS) is 23.7. The molecule has 4 heteroatoms. The average Bonchev–Trinajstić information content (AvgIpc) is 2.45. The van der Waals surface area contributed by atoms with Crippen molar-refractivity contribution in [3.05, 3.63) is 29.8 Å². The highest BCUT2D eigenvalue weighted by molar-refractivity contribution is 5.81. The van der Waals surface area contributed by atoms with Gasteiger partial charge in [0.15, 0.2) is 6.10 Å². The van der Waals surface area contributed by atoms with Crippen molar-refractivity contribution in [2.75, 3.05) is 13.1 Å². The number of ether oxygens (including phenoxy) is 2. The maximum atomic E-state index is 12.6. The number of morpholine rings is 1. The maximum Gasteiger partial charge on any atom is 0.263 e. The predicted molar refractivity (Wildman–Crippen MR) is 82.5 cm³/mol. The molecule has 0 N–H and O–H groups in total. The molecule has 0 bridgehead atoms. The Labute approximate surface area is 127 Å². The van der Waals surface area contributed by atoms with E-state index in [0.717, 1.165) is 5.75 Å². The number of nitrogens with zero attached hydrogens (tertiary/aromatic N) is 1. The number of hydrogen-bond donors (Lipinski definition) is 0. The minimum absolute atomic E-state index is 0.0556. The monoisotopic (exact) mass is 291 g/mol. The summed E-state index contributed by atoms with van der Waals surface area (Å²) >= 11 is 0. The van der Waals surface area contributed by atoms with E-state index in [1.54, 1.807) is 0 Å². The summed E-state index contributed by atoms with van der Waals surface area (Å²) in [4.78, 5) is 14.5. The molecule has 1 aromatic rings. The van der Waals surface area contributed by atoms with Crippen LogP contribution in [-0.2, 0) is 9.53 Å². The lowest BCUT2D eigenvalue weighted by molar-refractivity contribution is -0.150. The molecule has 0 aliphatic carbocycles. The van der Waals surface area contributed by atoms with Gasteiger partial charge < -0.3 is 14.4 Å². The van der Waals surface area contributed by atoms with Gasteiger partial charge in [-0.3, -0.25) is 4.79 Å². The lowest BCUT2D eigenvalue weighted by atomic mass is 10.1. The molecular weight excluding hydrogens is 266 g/mol. The first-order valence-corrected chi connectivity index (χ1v) is 7.67. The molecule has 1 fully saturated rings. The quantitative estimate of drug-likeness (QED) is 0.856. The van der Waals surface area contributed by atoms with Gasteiger partial charge in [0.05, 0.1) is 12.2 Å². The molecule has 0 saturated carbocycles. The van der Waals surface area contributed by atoms with E-state index in [4.69, 9.17) is 9.47 Å². The fraction of sp³-hybridized carbons (Fsp3) is 0.588. The molecule has 3 unspecified atom stereocenters. The lowest BCUT2D eigenvalue weighted by Crippen LogP contribution is -2.52. The molecule has 1 heterocycles. The Bertz CT molecular complexity index is 461. The first kappa shape index (κ1) is 15.8. The Kier molecular flexibility index (Phi) is 5.23. The van der Waals surface area contributed by atoms with Crippen molar-refractivity contribution < 1.29 is 14.3 Å². The summed E-state index contributed by atoms with van der Waals surface area (Å²) in [6.45, 7) is 9.27. The molecule has 1 aromatic carbocycles. The summed E-state index contributed by atoms with van der Waals surface area (Å²) in [5, 5.41) is 0. The lowest BCUT2D eigenvalue weighted by Gasteiger charge is -2.36. The van der Waals surface area contributed by atoms with Crippen molar-refractivity contribution in [3.63, 3.8) is 0 Å². The van der Waals surface area contributed by atoms with Crippen LogP contribution in [0.15, 0.2) is 24.3 Å². The summed E-state index contributed by atoms with van der Waals surface area (Å²) < 4.78 is 11.5. The third kappa shape index (κ3) is 4.21. The smallest absolute Gasteiger partial charge is 0.263 e. The van der Waals surface area contributed by atoms with Crippen LogP contribution in [0.2, 0.25) is 0 Å². The zero-order valence-electron chi connectivity index (χ0n) is 13.3. The van der Waals surface area contributed by atoms with E-state index in [2.05, 4.69) is 0 Å². The number of rotatable bonds is 4. The van der Waals surface area contributed by atoms with Crippen LogP contribution in [0, 0.1) is 6.92 Å². The minimum atomic E-state index is -0.426. The molecular formula is C17H25NO3. The van der Waals surface area contributed by atoms with E-state index >= 15 is 0 Å². The molecule has 0 spiro atoms. The fourth-order valence-electron chi connectivity index (χ4n) is 2.65. The predicted octanol–water partition coefficient (Wildman–Crippen LogP) is 2.79. The van der Waals surface area contributed by atoms with E-state index in [0.29, 0.717) is 19.5 Å². The molecule has 2 rings (SSSR count). The van der Waals surface area contributed by atoms with E-state index in [1.165, 1.54) is 5.56 Å². The highest BCUT2D eigenvalue weighted by atomic mass is 16.5. The van der Waals surface area contributed by atoms with Crippen LogP contribution in [0.3, 0.4) is 0 Å². The Hall–Kier alpha value is -1.55. The highest BCUT2D eigenvalue weighted by Gasteiger charge is 2.30. The summed E-state index contributed by atoms with van der Waals surface area (Å²) in [6, 6.07) is 7.81. The fourth-order valence-corrected chi connectivity index (χ4v) is 2.65. The second kappa shape index (κ2) is 6.94. The van der Waals surface area contributed by atoms with Crippen molar-refractivity contribution >= 4 is 5.91 Å². The van der Waals surface area contributed by atoms with Crippen LogP contribution in [-0.4, -0.2) is 42.2 Å². The van der Waals surface area contributed by atoms with Crippen LogP contribution < -0.4 is 4.74 Å². The van der Waals surface area contributed by atoms with Crippen molar-refractivity contribution in [2.24, 2.45) is 0 Å². The van der Waals surface area contributed by atoms with Gasteiger partial charge in [-0.2, -0.15) is 0 Å². The van der Waals surface area contributed by atoms with Crippen molar-refractivity contribution in [3.8, 4) is 5.75 Å². The SMILES string of the molecule is CCC(Oc1ccc(C)cc1)C(=O)N1CC(C)OC(C)C1. The van der Waals surface area contributed by atoms with E-state index in [9.17, 15) is 4.79 Å². The average molecular weight is 291 g/mol. The second-order valence-electron chi connectivity index (χ2n) is 5.83. The van der Waals surface area contributed by atoms with Gasteiger partial charge in [-0.05, 0) is 39.3 Å². The summed E-state index contributed by atoms with van der Waals surface area (Å²) in [5.74, 6) is 0.801. The largest absolute Gasteiger partial charge is 0.481 e. The molecule has 0 radical (unpaired) electrons. The second-order valence-corrected chi connectivity index (χ2v) is 5.83. The van der Waals surface area contributed by atoms with Crippen LogP contribution in [0.25, 0.3) is 0 Å². The third-order valence-electron chi connectivity index (χ3n) is 3.68. The minimum Gasteiger partial charge on any atom is -0.481 e. The van der Waals surface area contributed by atoms with Gasteiger partial charge in [-0.25, -0.2) is 0 Å². The molecule has 21 heavy (non-hydrogen) atoms. The first-order valence-electron chi connectivity index (χ1n) is 7.67. The van der Waals surface area contributed by atoms with Crippen molar-refractivity contribution in [1.82, 2.24) is 4.90 Å². The first-order chi connectivity index (χ1) is 9.99. The summed E-state index contributed by atoms with van der Waals surface area (Å²) in [7, 11) is 0. The number of carbonyl (C=O) groups is 1. The van der Waals surface area contributed by atoms with Crippen molar-refractivity contribution in [2.45, 2.75) is 52.4 Å². The Morgan fingerprint density at radius 1 is 1.29 bits per heavy atom. The number of benzene rings is 1. The zero-order chi connectivity index (χ0) is 15.4. The van der Waals surface area contributed by atoms with Crippen LogP contribution in [0.5, 0.6) is 5.75 Å². The van der Waals surface area contributed by atoms with Gasteiger partial charge in [0.25, 0.3) is 5.91 Å². The molecule has 4 nitrogen and oxygen atoms in total. The summed E-state index contributed by atoms with van der Waals surface area (Å²) in [6.07, 6.45) is 0.390. The number of aryl methyl sites for hydroxylation is 1. The molecule has 0 aromatic heterocycles. The van der Waals surface area contributed by atoms with Crippen LogP contribution in [0.4, 0.5) is 0 Å². The van der Waals surface area contributed by atoms with Gasteiger partial charge >= 0.3 is 0 Å². The zero-order valence-corrected chi connectivity index (χ0v) is 13.3. The maximum absolute atomic E-state index is 12.6. The number of carbonyl (C=O) groups excluding carboxylic acids is 1. The number of amides is 1. The highest BCUT2D eigenvalue weighted by Crippen LogP contribution is 2.18. The van der Waals surface area contributed by atoms with Crippen LogP contribution in [0.1, 0.15) is 32.8 Å². The topological polar surface area (TPSA) is 38.8 Å². The van der Waals surface area contributed by atoms with Gasteiger partial charge in [-0.1, -0.05) is 24.6 Å². The Morgan fingerprint density at radius 3 is 2.38 bits per heavy atom. The van der Waals surface area contributed by atoms with Crippen molar-refractivity contribution in [1.29, 1.82) is 0 Å². The van der Waals surface area contributed by atoms with Crippen LogP contribution >= 0.6 is 0 Å².